The lowest BCUT2D eigenvalue weighted by molar-refractivity contribution is 0.0981. The van der Waals surface area contributed by atoms with Crippen LogP contribution in [0.1, 0.15) is 51.4 Å². The van der Waals surface area contributed by atoms with Crippen LogP contribution in [0.2, 0.25) is 0 Å². The van der Waals surface area contributed by atoms with Gasteiger partial charge in [0, 0.05) is 25.2 Å². The molecule has 1 unspecified atom stereocenters. The quantitative estimate of drug-likeness (QED) is 0.812. The molecule has 1 N–H and O–H groups in total. The van der Waals surface area contributed by atoms with Gasteiger partial charge in [0.2, 0.25) is 0 Å². The van der Waals surface area contributed by atoms with Crippen molar-refractivity contribution in [1.82, 2.24) is 10.2 Å². The molecule has 0 radical (unpaired) electrons. The maximum absolute atomic E-state index is 11.7. The fraction of sp³-hybridized carbons (Fsp3) is 1.00. The van der Waals surface area contributed by atoms with Crippen molar-refractivity contribution in [1.29, 1.82) is 0 Å². The summed E-state index contributed by atoms with van der Waals surface area (Å²) in [4.78, 5) is 2.35. The van der Waals surface area contributed by atoms with Gasteiger partial charge in [0.25, 0.3) is 0 Å². The molecule has 3 rings (SSSR count). The summed E-state index contributed by atoms with van der Waals surface area (Å²) >= 11 is 0. The minimum atomic E-state index is -2.77. The van der Waals surface area contributed by atoms with Crippen LogP contribution < -0.4 is 5.32 Å². The van der Waals surface area contributed by atoms with E-state index in [1.54, 1.807) is 0 Å². The van der Waals surface area contributed by atoms with Gasteiger partial charge < -0.3 is 10.2 Å². The molecular formula is C16H30N2O2S. The molecule has 122 valence electrons. The smallest absolute Gasteiger partial charge is 0.151 e. The first-order chi connectivity index (χ1) is 9.98. The average Bonchev–Trinajstić information content (AvgIpc) is 3.20. The molecule has 0 aromatic rings. The van der Waals surface area contributed by atoms with E-state index in [0.29, 0.717) is 16.9 Å². The predicted octanol–water partition coefficient (Wildman–Crippen LogP) is 1.81. The van der Waals surface area contributed by atoms with E-state index in [0.717, 1.165) is 25.6 Å². The number of nitrogens with zero attached hydrogens (tertiary/aromatic N) is 1. The van der Waals surface area contributed by atoms with E-state index in [-0.39, 0.29) is 6.04 Å². The second kappa shape index (κ2) is 6.17. The number of nitrogens with one attached hydrogen (secondary N) is 1. The SMILES string of the molecule is CN(CC1(CNC2CC2)CCCCC1)C1CCS(=O)(=O)C1. The van der Waals surface area contributed by atoms with Crippen LogP contribution in [-0.4, -0.2) is 57.0 Å². The molecule has 0 bridgehead atoms. The number of hydrogen-bond acceptors (Lipinski definition) is 4. The Kier molecular flexibility index (Phi) is 4.63. The highest BCUT2D eigenvalue weighted by molar-refractivity contribution is 7.91. The van der Waals surface area contributed by atoms with Crippen molar-refractivity contribution < 1.29 is 8.42 Å². The maximum Gasteiger partial charge on any atom is 0.151 e. The zero-order valence-electron chi connectivity index (χ0n) is 13.3. The Hall–Kier alpha value is -0.130. The second-order valence-electron chi connectivity index (χ2n) is 7.69. The van der Waals surface area contributed by atoms with Crippen LogP contribution in [0, 0.1) is 5.41 Å². The number of hydrogen-bond donors (Lipinski definition) is 1. The van der Waals surface area contributed by atoms with Crippen LogP contribution in [0.5, 0.6) is 0 Å². The monoisotopic (exact) mass is 314 g/mol. The molecule has 4 nitrogen and oxygen atoms in total. The van der Waals surface area contributed by atoms with Gasteiger partial charge in [-0.15, -0.1) is 0 Å². The largest absolute Gasteiger partial charge is 0.313 e. The molecule has 2 aliphatic carbocycles. The summed E-state index contributed by atoms with van der Waals surface area (Å²) in [5.41, 5.74) is 0.377. The van der Waals surface area contributed by atoms with Gasteiger partial charge in [0.05, 0.1) is 11.5 Å². The van der Waals surface area contributed by atoms with Crippen molar-refractivity contribution in [3.05, 3.63) is 0 Å². The summed E-state index contributed by atoms with van der Waals surface area (Å²) in [6.07, 6.45) is 10.1. The van der Waals surface area contributed by atoms with Gasteiger partial charge in [-0.3, -0.25) is 0 Å². The third-order valence-corrected chi connectivity index (χ3v) is 7.42. The summed E-state index contributed by atoms with van der Waals surface area (Å²) in [5, 5.41) is 3.73. The predicted molar refractivity (Wildman–Crippen MR) is 86.2 cm³/mol. The Morgan fingerprint density at radius 2 is 1.86 bits per heavy atom. The zero-order chi connectivity index (χ0) is 14.9. The van der Waals surface area contributed by atoms with Gasteiger partial charge in [-0.1, -0.05) is 19.3 Å². The van der Waals surface area contributed by atoms with Crippen LogP contribution in [0.3, 0.4) is 0 Å². The first-order valence-electron chi connectivity index (χ1n) is 8.62. The van der Waals surface area contributed by atoms with E-state index in [1.807, 2.05) is 0 Å². The van der Waals surface area contributed by atoms with E-state index < -0.39 is 9.84 Å². The molecule has 0 amide bonds. The van der Waals surface area contributed by atoms with Gasteiger partial charge >= 0.3 is 0 Å². The highest BCUT2D eigenvalue weighted by atomic mass is 32.2. The standard InChI is InChI=1S/C16H30N2O2S/c1-18(15-7-10-21(19,20)11-15)13-16(8-3-2-4-9-16)12-17-14-5-6-14/h14-15,17H,2-13H2,1H3. The second-order valence-corrected chi connectivity index (χ2v) is 9.92. The first-order valence-corrected chi connectivity index (χ1v) is 10.4. The average molecular weight is 314 g/mol. The minimum absolute atomic E-state index is 0.245. The Morgan fingerprint density at radius 1 is 1.14 bits per heavy atom. The summed E-state index contributed by atoms with van der Waals surface area (Å²) in [6.45, 7) is 2.19. The fourth-order valence-corrected chi connectivity index (χ4v) is 5.93. The molecule has 1 saturated heterocycles. The van der Waals surface area contributed by atoms with Crippen molar-refractivity contribution in [2.24, 2.45) is 5.41 Å². The highest BCUT2D eigenvalue weighted by Gasteiger charge is 2.38. The van der Waals surface area contributed by atoms with Crippen LogP contribution >= 0.6 is 0 Å². The van der Waals surface area contributed by atoms with Gasteiger partial charge in [-0.2, -0.15) is 0 Å². The van der Waals surface area contributed by atoms with E-state index in [2.05, 4.69) is 17.3 Å². The molecule has 0 aromatic heterocycles. The van der Waals surface area contributed by atoms with Crippen molar-refractivity contribution >= 4 is 9.84 Å². The first kappa shape index (κ1) is 15.8. The van der Waals surface area contributed by atoms with Crippen molar-refractivity contribution in [2.75, 3.05) is 31.6 Å². The molecule has 3 aliphatic rings. The lowest BCUT2D eigenvalue weighted by atomic mass is 9.73. The number of rotatable bonds is 6. The summed E-state index contributed by atoms with van der Waals surface area (Å²) in [5.74, 6) is 0.755. The van der Waals surface area contributed by atoms with Crippen LogP contribution in [0.25, 0.3) is 0 Å². The molecule has 1 atom stereocenters. The lowest BCUT2D eigenvalue weighted by Gasteiger charge is -2.42. The Bertz CT molecular complexity index is 453. The van der Waals surface area contributed by atoms with E-state index in [4.69, 9.17) is 0 Å². The van der Waals surface area contributed by atoms with Gasteiger partial charge in [-0.05, 0) is 44.6 Å². The lowest BCUT2D eigenvalue weighted by Crippen LogP contribution is -2.47. The van der Waals surface area contributed by atoms with Crippen molar-refractivity contribution in [3.63, 3.8) is 0 Å². The molecule has 5 heteroatoms. The van der Waals surface area contributed by atoms with Crippen LogP contribution in [0.4, 0.5) is 0 Å². The zero-order valence-corrected chi connectivity index (χ0v) is 14.1. The van der Waals surface area contributed by atoms with Gasteiger partial charge in [-0.25, -0.2) is 8.42 Å². The number of sulfone groups is 1. The van der Waals surface area contributed by atoms with Gasteiger partial charge in [0.15, 0.2) is 9.84 Å². The summed E-state index contributed by atoms with van der Waals surface area (Å²) in [6, 6.07) is 1.01. The topological polar surface area (TPSA) is 49.4 Å². The highest BCUT2D eigenvalue weighted by Crippen LogP contribution is 2.38. The Labute approximate surface area is 129 Å². The van der Waals surface area contributed by atoms with Crippen LogP contribution in [0.15, 0.2) is 0 Å². The molecule has 2 saturated carbocycles. The molecule has 3 fully saturated rings. The third kappa shape index (κ3) is 4.20. The van der Waals surface area contributed by atoms with Crippen molar-refractivity contribution in [2.45, 2.75) is 63.5 Å². The summed E-state index contributed by atoms with van der Waals surface area (Å²) < 4.78 is 23.4. The Morgan fingerprint density at radius 3 is 2.43 bits per heavy atom. The molecule has 0 aromatic carbocycles. The minimum Gasteiger partial charge on any atom is -0.313 e. The van der Waals surface area contributed by atoms with Gasteiger partial charge in [0.1, 0.15) is 0 Å². The molecule has 21 heavy (non-hydrogen) atoms. The fourth-order valence-electron chi connectivity index (χ4n) is 4.12. The van der Waals surface area contributed by atoms with Crippen LogP contribution in [-0.2, 0) is 9.84 Å². The van der Waals surface area contributed by atoms with E-state index in [9.17, 15) is 8.42 Å². The third-order valence-electron chi connectivity index (χ3n) is 5.67. The Balaban J connectivity index is 1.59. The van der Waals surface area contributed by atoms with E-state index >= 15 is 0 Å². The molecular weight excluding hydrogens is 284 g/mol. The molecule has 1 heterocycles. The normalized spacial score (nSPS) is 31.6. The van der Waals surface area contributed by atoms with E-state index in [1.165, 1.54) is 44.9 Å². The maximum atomic E-state index is 11.7. The molecule has 1 aliphatic heterocycles. The summed E-state index contributed by atoms with van der Waals surface area (Å²) in [7, 11) is -0.636. The van der Waals surface area contributed by atoms with Crippen molar-refractivity contribution in [3.8, 4) is 0 Å². The molecule has 0 spiro atoms.